The van der Waals surface area contributed by atoms with Crippen LogP contribution in [0.4, 0.5) is 0 Å². The van der Waals surface area contributed by atoms with E-state index in [2.05, 4.69) is 17.1 Å². The Morgan fingerprint density at radius 1 is 1.20 bits per heavy atom. The minimum Gasteiger partial charge on any atom is -0.493 e. The molecular weight excluding hydrogens is 248 g/mol. The summed E-state index contributed by atoms with van der Waals surface area (Å²) in [5, 5.41) is 0. The fourth-order valence-electron chi connectivity index (χ4n) is 2.80. The molecule has 2 N–H and O–H groups in total. The summed E-state index contributed by atoms with van der Waals surface area (Å²) in [6.07, 6.45) is 5.94. The molecule has 3 rings (SSSR count). The highest BCUT2D eigenvalue weighted by atomic mass is 16.5. The number of hydrogen-bond donors (Lipinski definition) is 1. The molecule has 0 saturated heterocycles. The van der Waals surface area contributed by atoms with Gasteiger partial charge in [0.2, 0.25) is 0 Å². The largest absolute Gasteiger partial charge is 0.493 e. The van der Waals surface area contributed by atoms with E-state index in [1.54, 1.807) is 0 Å². The van der Waals surface area contributed by atoms with Gasteiger partial charge in [-0.2, -0.15) is 0 Å². The van der Waals surface area contributed by atoms with Crippen molar-refractivity contribution < 1.29 is 4.74 Å². The highest BCUT2D eigenvalue weighted by Gasteiger charge is 2.19. The summed E-state index contributed by atoms with van der Waals surface area (Å²) in [5.74, 6) is 0.994. The Hall–Kier alpha value is -1.87. The van der Waals surface area contributed by atoms with Crippen LogP contribution in [0.15, 0.2) is 42.6 Å². The van der Waals surface area contributed by atoms with E-state index in [0.717, 1.165) is 37.1 Å². The van der Waals surface area contributed by atoms with Crippen LogP contribution in [0.1, 0.15) is 35.7 Å². The Morgan fingerprint density at radius 2 is 2.15 bits per heavy atom. The van der Waals surface area contributed by atoms with Crippen molar-refractivity contribution in [3.63, 3.8) is 0 Å². The predicted molar refractivity (Wildman–Crippen MR) is 79.7 cm³/mol. The number of benzene rings is 1. The van der Waals surface area contributed by atoms with E-state index < -0.39 is 0 Å². The minimum absolute atomic E-state index is 0.165. The van der Waals surface area contributed by atoms with Crippen molar-refractivity contribution in [3.8, 4) is 5.75 Å². The Morgan fingerprint density at radius 3 is 3.00 bits per heavy atom. The summed E-state index contributed by atoms with van der Waals surface area (Å²) in [4.78, 5) is 4.31. The van der Waals surface area contributed by atoms with Gasteiger partial charge in [-0.1, -0.05) is 18.2 Å². The molecular formula is C17H20N2O. The van der Waals surface area contributed by atoms with Crippen LogP contribution < -0.4 is 10.5 Å². The zero-order valence-corrected chi connectivity index (χ0v) is 11.6. The molecule has 0 spiro atoms. The van der Waals surface area contributed by atoms with Gasteiger partial charge >= 0.3 is 0 Å². The maximum absolute atomic E-state index is 6.17. The van der Waals surface area contributed by atoms with Crippen LogP contribution in [0.2, 0.25) is 0 Å². The van der Waals surface area contributed by atoms with Gasteiger partial charge in [-0.3, -0.25) is 4.98 Å². The van der Waals surface area contributed by atoms with Crippen LogP contribution in [0.3, 0.4) is 0 Å². The Labute approximate surface area is 119 Å². The first-order chi connectivity index (χ1) is 9.84. The monoisotopic (exact) mass is 268 g/mol. The number of rotatable bonds is 4. The van der Waals surface area contributed by atoms with Gasteiger partial charge in [-0.15, -0.1) is 0 Å². The SMILES string of the molecule is NC1CCCc2c(OCCc3ccccn3)cccc21. The number of hydrogen-bond acceptors (Lipinski definition) is 3. The molecule has 0 saturated carbocycles. The van der Waals surface area contributed by atoms with Gasteiger partial charge < -0.3 is 10.5 Å². The molecule has 1 atom stereocenters. The normalized spacial score (nSPS) is 17.6. The molecule has 0 amide bonds. The predicted octanol–water partition coefficient (Wildman–Crippen LogP) is 3.04. The number of fused-ring (bicyclic) bond motifs is 1. The van der Waals surface area contributed by atoms with E-state index in [1.807, 2.05) is 30.5 Å². The molecule has 1 heterocycles. The highest BCUT2D eigenvalue weighted by Crippen LogP contribution is 2.33. The second-order valence-electron chi connectivity index (χ2n) is 5.24. The molecule has 1 aliphatic carbocycles. The zero-order valence-electron chi connectivity index (χ0n) is 11.6. The number of aromatic nitrogens is 1. The van der Waals surface area contributed by atoms with Crippen LogP contribution >= 0.6 is 0 Å². The summed E-state index contributed by atoms with van der Waals surface area (Å²) in [7, 11) is 0. The van der Waals surface area contributed by atoms with Crippen molar-refractivity contribution in [2.24, 2.45) is 5.73 Å². The van der Waals surface area contributed by atoms with Crippen LogP contribution in [0, 0.1) is 0 Å². The summed E-state index contributed by atoms with van der Waals surface area (Å²) in [5.41, 5.74) is 9.79. The molecule has 2 aromatic rings. The van der Waals surface area contributed by atoms with Gasteiger partial charge in [0.15, 0.2) is 0 Å². The maximum atomic E-state index is 6.17. The lowest BCUT2D eigenvalue weighted by Gasteiger charge is -2.24. The van der Waals surface area contributed by atoms with Gasteiger partial charge in [-0.25, -0.2) is 0 Å². The molecule has 0 bridgehead atoms. The maximum Gasteiger partial charge on any atom is 0.122 e. The van der Waals surface area contributed by atoms with E-state index in [9.17, 15) is 0 Å². The summed E-state index contributed by atoms with van der Waals surface area (Å²) >= 11 is 0. The van der Waals surface area contributed by atoms with E-state index in [0.29, 0.717) is 6.61 Å². The van der Waals surface area contributed by atoms with Crippen molar-refractivity contribution >= 4 is 0 Å². The minimum atomic E-state index is 0.165. The average Bonchev–Trinajstić information content (AvgIpc) is 2.49. The second kappa shape index (κ2) is 6.06. The molecule has 1 aliphatic rings. The van der Waals surface area contributed by atoms with Crippen molar-refractivity contribution in [1.82, 2.24) is 4.98 Å². The molecule has 0 radical (unpaired) electrons. The van der Waals surface area contributed by atoms with E-state index in [4.69, 9.17) is 10.5 Å². The smallest absolute Gasteiger partial charge is 0.122 e. The fraction of sp³-hybridized carbons (Fsp3) is 0.353. The standard InChI is InChI=1S/C17H20N2O/c18-16-8-3-7-15-14(16)6-4-9-17(15)20-12-10-13-5-1-2-11-19-13/h1-2,4-6,9,11,16H,3,7-8,10,12,18H2. The summed E-state index contributed by atoms with van der Waals surface area (Å²) < 4.78 is 5.96. The van der Waals surface area contributed by atoms with Crippen molar-refractivity contribution in [3.05, 3.63) is 59.4 Å². The van der Waals surface area contributed by atoms with Gasteiger partial charge in [0, 0.05) is 24.4 Å². The quantitative estimate of drug-likeness (QED) is 0.927. The molecule has 1 aromatic carbocycles. The Kier molecular flexibility index (Phi) is 3.97. The first kappa shape index (κ1) is 13.1. The third kappa shape index (κ3) is 2.83. The summed E-state index contributed by atoms with van der Waals surface area (Å²) in [6.45, 7) is 0.655. The van der Waals surface area contributed by atoms with E-state index >= 15 is 0 Å². The Bertz CT molecular complexity index is 568. The molecule has 20 heavy (non-hydrogen) atoms. The van der Waals surface area contributed by atoms with Crippen LogP contribution in [-0.4, -0.2) is 11.6 Å². The molecule has 3 heteroatoms. The summed E-state index contributed by atoms with van der Waals surface area (Å²) in [6, 6.07) is 12.4. The molecule has 0 fully saturated rings. The third-order valence-electron chi connectivity index (χ3n) is 3.85. The van der Waals surface area contributed by atoms with Crippen molar-refractivity contribution in [2.45, 2.75) is 31.7 Å². The second-order valence-corrected chi connectivity index (χ2v) is 5.24. The van der Waals surface area contributed by atoms with Crippen LogP contribution in [0.25, 0.3) is 0 Å². The lowest BCUT2D eigenvalue weighted by atomic mass is 9.87. The molecule has 1 aromatic heterocycles. The van der Waals surface area contributed by atoms with Crippen molar-refractivity contribution in [2.75, 3.05) is 6.61 Å². The first-order valence-electron chi connectivity index (χ1n) is 7.24. The number of nitrogens with zero attached hydrogens (tertiary/aromatic N) is 1. The topological polar surface area (TPSA) is 48.1 Å². The van der Waals surface area contributed by atoms with Gasteiger partial charge in [0.1, 0.15) is 5.75 Å². The lowest BCUT2D eigenvalue weighted by molar-refractivity contribution is 0.314. The molecule has 0 aliphatic heterocycles. The first-order valence-corrected chi connectivity index (χ1v) is 7.24. The third-order valence-corrected chi connectivity index (χ3v) is 3.85. The molecule has 104 valence electrons. The van der Waals surface area contributed by atoms with Crippen LogP contribution in [0.5, 0.6) is 5.75 Å². The van der Waals surface area contributed by atoms with Gasteiger partial charge in [-0.05, 0) is 48.6 Å². The van der Waals surface area contributed by atoms with Crippen LogP contribution in [-0.2, 0) is 12.8 Å². The number of nitrogens with two attached hydrogens (primary N) is 1. The lowest BCUT2D eigenvalue weighted by Crippen LogP contribution is -2.18. The number of pyridine rings is 1. The highest BCUT2D eigenvalue weighted by molar-refractivity contribution is 5.43. The van der Waals surface area contributed by atoms with Gasteiger partial charge in [0.05, 0.1) is 6.61 Å². The van der Waals surface area contributed by atoms with Crippen molar-refractivity contribution in [1.29, 1.82) is 0 Å². The zero-order chi connectivity index (χ0) is 13.8. The Balaban J connectivity index is 1.67. The molecule has 3 nitrogen and oxygen atoms in total. The molecule has 1 unspecified atom stereocenters. The number of ether oxygens (including phenoxy) is 1. The fourth-order valence-corrected chi connectivity index (χ4v) is 2.80. The van der Waals surface area contributed by atoms with Gasteiger partial charge in [0.25, 0.3) is 0 Å². The van der Waals surface area contributed by atoms with E-state index in [1.165, 1.54) is 11.1 Å². The van der Waals surface area contributed by atoms with E-state index in [-0.39, 0.29) is 6.04 Å². The average molecular weight is 268 g/mol.